The summed E-state index contributed by atoms with van der Waals surface area (Å²) in [6.07, 6.45) is -4.06. The molecule has 0 saturated carbocycles. The summed E-state index contributed by atoms with van der Waals surface area (Å²) in [6.45, 7) is 2.81. The number of ether oxygens (including phenoxy) is 1. The van der Waals surface area contributed by atoms with Gasteiger partial charge in [0, 0.05) is 0 Å². The highest BCUT2D eigenvalue weighted by atomic mass is 19.3. The molecule has 0 fully saturated rings. The van der Waals surface area contributed by atoms with Gasteiger partial charge >= 0.3 is 6.11 Å². The maximum Gasteiger partial charge on any atom is 0.427 e. The second-order valence-corrected chi connectivity index (χ2v) is 4.64. The van der Waals surface area contributed by atoms with Crippen molar-refractivity contribution in [3.63, 3.8) is 0 Å². The van der Waals surface area contributed by atoms with E-state index in [0.29, 0.717) is 6.07 Å². The van der Waals surface area contributed by atoms with Crippen molar-refractivity contribution in [1.29, 1.82) is 0 Å². The van der Waals surface area contributed by atoms with Gasteiger partial charge in [0.2, 0.25) is 0 Å². The van der Waals surface area contributed by atoms with E-state index in [9.17, 15) is 22.0 Å². The Hall–Kier alpha value is -2.11. The van der Waals surface area contributed by atoms with Crippen LogP contribution in [0.15, 0.2) is 30.3 Å². The molecule has 1 nitrogen and oxygen atoms in total. The second kappa shape index (κ2) is 5.35. The maximum absolute atomic E-state index is 13.9. The summed E-state index contributed by atoms with van der Waals surface area (Å²) in [5.74, 6) is -4.56. The van der Waals surface area contributed by atoms with E-state index in [4.69, 9.17) is 0 Å². The summed E-state index contributed by atoms with van der Waals surface area (Å²) in [5.41, 5.74) is -0.436. The number of benzene rings is 2. The summed E-state index contributed by atoms with van der Waals surface area (Å²) in [5, 5.41) is 0. The Labute approximate surface area is 118 Å². The molecule has 0 unspecified atom stereocenters. The molecular formula is C15H11F5O. The molecule has 0 radical (unpaired) electrons. The second-order valence-electron chi connectivity index (χ2n) is 4.64. The first-order valence-electron chi connectivity index (χ1n) is 6.00. The number of aryl methyl sites for hydroxylation is 2. The first kappa shape index (κ1) is 15.3. The van der Waals surface area contributed by atoms with Gasteiger partial charge in [0.05, 0.1) is 5.56 Å². The molecule has 0 bridgehead atoms. The van der Waals surface area contributed by atoms with Gasteiger partial charge in [-0.3, -0.25) is 0 Å². The molecule has 2 rings (SSSR count). The minimum Gasteiger partial charge on any atom is -0.423 e. The van der Waals surface area contributed by atoms with Gasteiger partial charge in [0.1, 0.15) is 5.82 Å². The highest BCUT2D eigenvalue weighted by molar-refractivity contribution is 5.32. The van der Waals surface area contributed by atoms with Crippen molar-refractivity contribution in [2.24, 2.45) is 0 Å². The first-order valence-corrected chi connectivity index (χ1v) is 6.00. The molecule has 0 saturated heterocycles. The van der Waals surface area contributed by atoms with E-state index in [1.807, 2.05) is 0 Å². The molecule has 6 heteroatoms. The lowest BCUT2D eigenvalue weighted by atomic mass is 10.1. The predicted octanol–water partition coefficient (Wildman–Crippen LogP) is 4.85. The Morgan fingerprint density at radius 2 is 1.43 bits per heavy atom. The molecule has 0 atom stereocenters. The molecule has 21 heavy (non-hydrogen) atoms. The van der Waals surface area contributed by atoms with Crippen LogP contribution < -0.4 is 4.74 Å². The zero-order chi connectivity index (χ0) is 15.8. The topological polar surface area (TPSA) is 9.23 Å². The number of hydrogen-bond acceptors (Lipinski definition) is 1. The van der Waals surface area contributed by atoms with E-state index >= 15 is 0 Å². The van der Waals surface area contributed by atoms with Crippen LogP contribution in [0.25, 0.3) is 0 Å². The molecular weight excluding hydrogens is 291 g/mol. The van der Waals surface area contributed by atoms with Crippen LogP contribution in [0.4, 0.5) is 22.0 Å². The Morgan fingerprint density at radius 3 is 1.95 bits per heavy atom. The van der Waals surface area contributed by atoms with E-state index in [1.54, 1.807) is 0 Å². The fraction of sp³-hybridized carbons (Fsp3) is 0.200. The van der Waals surface area contributed by atoms with E-state index < -0.39 is 34.9 Å². The van der Waals surface area contributed by atoms with Gasteiger partial charge in [0.15, 0.2) is 17.4 Å². The number of rotatable bonds is 3. The molecule has 0 N–H and O–H groups in total. The molecule has 0 aliphatic rings. The van der Waals surface area contributed by atoms with Gasteiger partial charge in [-0.05, 0) is 49.2 Å². The summed E-state index contributed by atoms with van der Waals surface area (Å²) in [6, 6.07) is 4.36. The smallest absolute Gasteiger partial charge is 0.423 e. The molecule has 2 aromatic carbocycles. The van der Waals surface area contributed by atoms with Crippen LogP contribution in [0.5, 0.6) is 5.75 Å². The molecule has 0 heterocycles. The molecule has 0 spiro atoms. The summed E-state index contributed by atoms with van der Waals surface area (Å²) in [7, 11) is 0. The van der Waals surface area contributed by atoms with Crippen molar-refractivity contribution < 1.29 is 26.7 Å². The minimum absolute atomic E-state index is 0.169. The predicted molar refractivity (Wildman–Crippen MR) is 66.8 cm³/mol. The third kappa shape index (κ3) is 3.15. The third-order valence-electron chi connectivity index (χ3n) is 2.88. The van der Waals surface area contributed by atoms with E-state index in [1.165, 1.54) is 13.8 Å². The highest BCUT2D eigenvalue weighted by Crippen LogP contribution is 2.35. The van der Waals surface area contributed by atoms with Crippen molar-refractivity contribution >= 4 is 0 Å². The minimum atomic E-state index is -4.06. The van der Waals surface area contributed by atoms with Crippen LogP contribution in [-0.4, -0.2) is 0 Å². The zero-order valence-electron chi connectivity index (χ0n) is 11.2. The van der Waals surface area contributed by atoms with Crippen molar-refractivity contribution in [2.45, 2.75) is 20.0 Å². The average Bonchev–Trinajstić information content (AvgIpc) is 2.37. The Bertz CT molecular complexity index is 659. The summed E-state index contributed by atoms with van der Waals surface area (Å²) in [4.78, 5) is 0. The Balaban J connectivity index is 2.39. The summed E-state index contributed by atoms with van der Waals surface area (Å²) < 4.78 is 72.3. The van der Waals surface area contributed by atoms with Crippen molar-refractivity contribution in [1.82, 2.24) is 0 Å². The lowest BCUT2D eigenvalue weighted by Crippen LogP contribution is -2.23. The van der Waals surface area contributed by atoms with Crippen LogP contribution in [0.2, 0.25) is 0 Å². The van der Waals surface area contributed by atoms with Crippen LogP contribution in [0, 0.1) is 31.3 Å². The third-order valence-corrected chi connectivity index (χ3v) is 2.88. The van der Waals surface area contributed by atoms with E-state index in [2.05, 4.69) is 4.74 Å². The molecule has 0 aromatic heterocycles. The lowest BCUT2D eigenvalue weighted by Gasteiger charge is -2.19. The first-order chi connectivity index (χ1) is 9.70. The number of hydrogen-bond donors (Lipinski definition) is 0. The number of halogens is 5. The molecule has 112 valence electrons. The molecule has 2 aromatic rings. The van der Waals surface area contributed by atoms with Gasteiger partial charge in [-0.25, -0.2) is 13.2 Å². The van der Waals surface area contributed by atoms with Crippen LogP contribution >= 0.6 is 0 Å². The van der Waals surface area contributed by atoms with Crippen LogP contribution in [0.3, 0.4) is 0 Å². The standard InChI is InChI=1S/C15H11F5O/c1-8-5-12(17)14(13(18)6-8)21-15(19,20)10-4-3-9(2)11(16)7-10/h3-7H,1-2H3. The number of alkyl halides is 2. The van der Waals surface area contributed by atoms with Gasteiger partial charge in [-0.2, -0.15) is 8.78 Å². The van der Waals surface area contributed by atoms with Gasteiger partial charge < -0.3 is 4.74 Å². The van der Waals surface area contributed by atoms with E-state index in [0.717, 1.165) is 24.3 Å². The monoisotopic (exact) mass is 302 g/mol. The quantitative estimate of drug-likeness (QED) is 0.737. The summed E-state index contributed by atoms with van der Waals surface area (Å²) >= 11 is 0. The van der Waals surface area contributed by atoms with Gasteiger partial charge in [-0.15, -0.1) is 0 Å². The fourth-order valence-corrected chi connectivity index (χ4v) is 1.75. The Morgan fingerprint density at radius 1 is 0.857 bits per heavy atom. The molecule has 0 aliphatic carbocycles. The highest BCUT2D eigenvalue weighted by Gasteiger charge is 2.37. The average molecular weight is 302 g/mol. The fourth-order valence-electron chi connectivity index (χ4n) is 1.75. The van der Waals surface area contributed by atoms with Crippen LogP contribution in [0.1, 0.15) is 16.7 Å². The van der Waals surface area contributed by atoms with Gasteiger partial charge in [-0.1, -0.05) is 6.07 Å². The zero-order valence-corrected chi connectivity index (χ0v) is 11.2. The van der Waals surface area contributed by atoms with Crippen LogP contribution in [-0.2, 0) is 6.11 Å². The van der Waals surface area contributed by atoms with Crippen molar-refractivity contribution in [3.8, 4) is 5.75 Å². The van der Waals surface area contributed by atoms with Crippen molar-refractivity contribution in [2.75, 3.05) is 0 Å². The lowest BCUT2D eigenvalue weighted by molar-refractivity contribution is -0.188. The Kier molecular flexibility index (Phi) is 3.89. The maximum atomic E-state index is 13.9. The normalized spacial score (nSPS) is 11.6. The molecule has 0 aliphatic heterocycles. The van der Waals surface area contributed by atoms with Crippen molar-refractivity contribution in [3.05, 3.63) is 64.5 Å². The largest absolute Gasteiger partial charge is 0.427 e. The van der Waals surface area contributed by atoms with E-state index in [-0.39, 0.29) is 11.1 Å². The SMILES string of the molecule is Cc1cc(F)c(OC(F)(F)c2ccc(C)c(F)c2)c(F)c1. The van der Waals surface area contributed by atoms with Gasteiger partial charge in [0.25, 0.3) is 0 Å². The molecule has 0 amide bonds.